The van der Waals surface area contributed by atoms with Gasteiger partial charge in [0, 0.05) is 28.9 Å². The molecule has 1 aromatic carbocycles. The second kappa shape index (κ2) is 6.54. The molecule has 0 amide bonds. The van der Waals surface area contributed by atoms with Gasteiger partial charge in [0.25, 0.3) is 0 Å². The highest BCUT2D eigenvalue weighted by atomic mass is 32.1. The van der Waals surface area contributed by atoms with Crippen molar-refractivity contribution in [1.29, 1.82) is 0 Å². The monoisotopic (exact) mass is 339 g/mol. The summed E-state index contributed by atoms with van der Waals surface area (Å²) in [5.74, 6) is 0. The van der Waals surface area contributed by atoms with Crippen molar-refractivity contribution in [2.45, 2.75) is 38.8 Å². The van der Waals surface area contributed by atoms with Gasteiger partial charge in [0.05, 0.1) is 0 Å². The highest BCUT2D eigenvalue weighted by molar-refractivity contribution is 7.10. The highest BCUT2D eigenvalue weighted by Crippen LogP contribution is 2.36. The van der Waals surface area contributed by atoms with Gasteiger partial charge in [-0.25, -0.2) is 4.79 Å². The van der Waals surface area contributed by atoms with Crippen molar-refractivity contribution in [2.75, 3.05) is 6.54 Å². The van der Waals surface area contributed by atoms with Gasteiger partial charge >= 0.3 is 5.63 Å². The maximum absolute atomic E-state index is 12.0. The van der Waals surface area contributed by atoms with Crippen molar-refractivity contribution in [3.63, 3.8) is 0 Å². The molecule has 3 heterocycles. The van der Waals surface area contributed by atoms with Crippen molar-refractivity contribution < 1.29 is 4.42 Å². The van der Waals surface area contributed by atoms with Crippen LogP contribution in [0.2, 0.25) is 0 Å². The number of benzene rings is 1. The lowest BCUT2D eigenvalue weighted by atomic mass is 10.1. The van der Waals surface area contributed by atoms with Crippen molar-refractivity contribution in [3.8, 4) is 0 Å². The maximum atomic E-state index is 12.0. The fourth-order valence-electron chi connectivity index (χ4n) is 3.66. The molecule has 0 spiro atoms. The quantitative estimate of drug-likeness (QED) is 0.643. The smallest absolute Gasteiger partial charge is 0.336 e. The minimum absolute atomic E-state index is 0.252. The number of fused-ring (bicyclic) bond motifs is 1. The van der Waals surface area contributed by atoms with E-state index in [1.54, 1.807) is 6.07 Å². The summed E-state index contributed by atoms with van der Waals surface area (Å²) in [4.78, 5) is 15.9. The summed E-state index contributed by atoms with van der Waals surface area (Å²) in [5, 5.41) is 3.20. The minimum Gasteiger partial charge on any atom is -0.423 e. The van der Waals surface area contributed by atoms with Crippen LogP contribution >= 0.6 is 11.3 Å². The van der Waals surface area contributed by atoms with E-state index in [9.17, 15) is 4.79 Å². The first-order valence-electron chi connectivity index (χ1n) is 8.57. The van der Waals surface area contributed by atoms with Gasteiger partial charge in [0.15, 0.2) is 0 Å². The molecule has 124 valence electrons. The lowest BCUT2D eigenvalue weighted by Crippen LogP contribution is -2.23. The molecule has 3 aromatic rings. The third kappa shape index (κ3) is 2.92. The number of rotatable bonds is 4. The van der Waals surface area contributed by atoms with Crippen molar-refractivity contribution in [2.24, 2.45) is 0 Å². The average molecular weight is 339 g/mol. The van der Waals surface area contributed by atoms with Gasteiger partial charge < -0.3 is 4.42 Å². The molecule has 4 rings (SSSR count). The molecule has 0 aliphatic carbocycles. The fourth-order valence-corrected chi connectivity index (χ4v) is 4.56. The topological polar surface area (TPSA) is 33.5 Å². The molecule has 0 unspecified atom stereocenters. The molecular formula is C20H21NO2S. The Morgan fingerprint density at radius 3 is 3.00 bits per heavy atom. The average Bonchev–Trinajstić information content (AvgIpc) is 3.25. The second-order valence-corrected chi connectivity index (χ2v) is 7.40. The van der Waals surface area contributed by atoms with Crippen LogP contribution in [-0.4, -0.2) is 11.4 Å². The first-order chi connectivity index (χ1) is 11.7. The number of likely N-dealkylation sites (tertiary alicyclic amines) is 1. The molecule has 0 saturated carbocycles. The van der Waals surface area contributed by atoms with E-state index in [2.05, 4.69) is 41.5 Å². The Morgan fingerprint density at radius 1 is 1.29 bits per heavy atom. The van der Waals surface area contributed by atoms with Crippen LogP contribution < -0.4 is 5.63 Å². The van der Waals surface area contributed by atoms with E-state index in [0.29, 0.717) is 11.6 Å². The number of hydrogen-bond acceptors (Lipinski definition) is 4. The number of hydrogen-bond donors (Lipinski definition) is 0. The Bertz CT molecular complexity index is 898. The third-order valence-electron chi connectivity index (χ3n) is 4.91. The van der Waals surface area contributed by atoms with E-state index in [1.807, 2.05) is 17.4 Å². The van der Waals surface area contributed by atoms with Crippen LogP contribution in [0.4, 0.5) is 0 Å². The van der Waals surface area contributed by atoms with E-state index >= 15 is 0 Å². The van der Waals surface area contributed by atoms with Gasteiger partial charge in [-0.1, -0.05) is 25.1 Å². The summed E-state index contributed by atoms with van der Waals surface area (Å²) in [6.07, 6.45) is 3.35. The molecule has 1 saturated heterocycles. The number of aryl methyl sites for hydroxylation is 1. The van der Waals surface area contributed by atoms with Gasteiger partial charge in [-0.2, -0.15) is 0 Å². The van der Waals surface area contributed by atoms with Crippen LogP contribution in [0.25, 0.3) is 11.0 Å². The molecule has 1 aliphatic rings. The standard InChI is InChI=1S/C20H21NO2S/c1-2-14-7-8-16-15(12-20(22)23-18(16)11-14)13-21-9-3-5-17(21)19-6-4-10-24-19/h4,6-8,10-12,17H,2-3,5,9,13H2,1H3/t17-/m1/s1. The number of nitrogens with zero attached hydrogens (tertiary/aromatic N) is 1. The molecule has 2 aromatic heterocycles. The Kier molecular flexibility index (Phi) is 4.25. The van der Waals surface area contributed by atoms with E-state index in [1.165, 1.54) is 23.3 Å². The van der Waals surface area contributed by atoms with E-state index in [0.717, 1.165) is 30.5 Å². The Balaban J connectivity index is 1.70. The van der Waals surface area contributed by atoms with Crippen LogP contribution in [0, 0.1) is 0 Å². The zero-order chi connectivity index (χ0) is 16.5. The first-order valence-corrected chi connectivity index (χ1v) is 9.45. The van der Waals surface area contributed by atoms with Crippen LogP contribution in [0.5, 0.6) is 0 Å². The van der Waals surface area contributed by atoms with Crippen LogP contribution in [0.3, 0.4) is 0 Å². The molecule has 1 aliphatic heterocycles. The lowest BCUT2D eigenvalue weighted by molar-refractivity contribution is 0.252. The van der Waals surface area contributed by atoms with Crippen molar-refractivity contribution >= 4 is 22.3 Å². The Morgan fingerprint density at radius 2 is 2.21 bits per heavy atom. The summed E-state index contributed by atoms with van der Waals surface area (Å²) >= 11 is 1.82. The van der Waals surface area contributed by atoms with Crippen LogP contribution in [0.1, 0.15) is 41.8 Å². The van der Waals surface area contributed by atoms with Gasteiger partial charge in [-0.15, -0.1) is 11.3 Å². The zero-order valence-corrected chi connectivity index (χ0v) is 14.6. The fraction of sp³-hybridized carbons (Fsp3) is 0.350. The van der Waals surface area contributed by atoms with E-state index in [-0.39, 0.29) is 5.63 Å². The SMILES string of the molecule is CCc1ccc2c(CN3CCC[C@@H]3c3cccs3)cc(=O)oc2c1. The van der Waals surface area contributed by atoms with E-state index in [4.69, 9.17) is 4.42 Å². The van der Waals surface area contributed by atoms with Crippen LogP contribution in [0.15, 0.2) is 51.0 Å². The molecule has 0 bridgehead atoms. The second-order valence-electron chi connectivity index (χ2n) is 6.42. The van der Waals surface area contributed by atoms with Crippen molar-refractivity contribution in [3.05, 3.63) is 68.2 Å². The first kappa shape index (κ1) is 15.6. The molecule has 24 heavy (non-hydrogen) atoms. The predicted octanol–water partition coefficient (Wildman–Crippen LogP) is 4.75. The van der Waals surface area contributed by atoms with Gasteiger partial charge in [-0.05, 0) is 54.4 Å². The summed E-state index contributed by atoms with van der Waals surface area (Å²) in [5.41, 5.74) is 2.73. The summed E-state index contributed by atoms with van der Waals surface area (Å²) < 4.78 is 5.44. The third-order valence-corrected chi connectivity index (χ3v) is 5.89. The molecule has 3 nitrogen and oxygen atoms in total. The molecule has 1 fully saturated rings. The molecule has 1 atom stereocenters. The van der Waals surface area contributed by atoms with Gasteiger partial charge in [0.1, 0.15) is 5.58 Å². The van der Waals surface area contributed by atoms with Gasteiger partial charge in [-0.3, -0.25) is 4.90 Å². The minimum atomic E-state index is -0.252. The highest BCUT2D eigenvalue weighted by Gasteiger charge is 2.27. The predicted molar refractivity (Wildman–Crippen MR) is 98.6 cm³/mol. The van der Waals surface area contributed by atoms with E-state index < -0.39 is 0 Å². The molecule has 0 N–H and O–H groups in total. The van der Waals surface area contributed by atoms with Crippen molar-refractivity contribution in [1.82, 2.24) is 4.90 Å². The molecular weight excluding hydrogens is 318 g/mol. The largest absolute Gasteiger partial charge is 0.423 e. The summed E-state index contributed by atoms with van der Waals surface area (Å²) in [6.45, 7) is 3.99. The normalized spacial score (nSPS) is 18.5. The zero-order valence-electron chi connectivity index (χ0n) is 13.8. The molecule has 4 heteroatoms. The maximum Gasteiger partial charge on any atom is 0.336 e. The lowest BCUT2D eigenvalue weighted by Gasteiger charge is -2.24. The summed E-state index contributed by atoms with van der Waals surface area (Å²) in [6, 6.07) is 12.7. The number of thiophene rings is 1. The Hall–Kier alpha value is -1.91. The van der Waals surface area contributed by atoms with Gasteiger partial charge in [0.2, 0.25) is 0 Å². The van der Waals surface area contributed by atoms with Crippen LogP contribution in [-0.2, 0) is 13.0 Å². The Labute approximate surface area is 145 Å². The molecule has 0 radical (unpaired) electrons. The summed E-state index contributed by atoms with van der Waals surface area (Å²) in [7, 11) is 0.